The van der Waals surface area contributed by atoms with Gasteiger partial charge in [0, 0.05) is 13.2 Å². The van der Waals surface area contributed by atoms with Crippen molar-refractivity contribution in [2.24, 2.45) is 0 Å². The number of benzene rings is 1. The molecule has 2 atom stereocenters. The van der Waals surface area contributed by atoms with Crippen LogP contribution in [0, 0.1) is 0 Å². The lowest BCUT2D eigenvalue weighted by Crippen LogP contribution is -2.36. The molecule has 1 aromatic heterocycles. The number of unbranched alkanes of at least 4 members (excludes halogenated alkanes) is 2. The fourth-order valence-electron chi connectivity index (χ4n) is 3.33. The van der Waals surface area contributed by atoms with Gasteiger partial charge in [0.05, 0.1) is 17.1 Å². The third-order valence-corrected chi connectivity index (χ3v) is 4.64. The van der Waals surface area contributed by atoms with E-state index in [4.69, 9.17) is 9.72 Å². The zero-order valence-corrected chi connectivity index (χ0v) is 14.6. The van der Waals surface area contributed by atoms with Crippen LogP contribution in [-0.2, 0) is 16.1 Å². The fraction of sp³-hybridized carbons (Fsp3) is 0.579. The number of carbonyl (C=O) groups is 1. The van der Waals surface area contributed by atoms with Gasteiger partial charge in [-0.25, -0.2) is 4.98 Å². The molecule has 0 bridgehead atoms. The Morgan fingerprint density at radius 3 is 3.00 bits per heavy atom. The summed E-state index contributed by atoms with van der Waals surface area (Å²) in [6.45, 7) is 5.83. The summed E-state index contributed by atoms with van der Waals surface area (Å²) in [6.07, 6.45) is 4.98. The van der Waals surface area contributed by atoms with Crippen LogP contribution in [0.2, 0.25) is 0 Å². The number of fused-ring (bicyclic) bond motifs is 1. The first-order valence-corrected chi connectivity index (χ1v) is 9.08. The van der Waals surface area contributed by atoms with Crippen LogP contribution in [0.5, 0.6) is 0 Å². The molecule has 2 aromatic rings. The summed E-state index contributed by atoms with van der Waals surface area (Å²) in [7, 11) is 0. The van der Waals surface area contributed by atoms with Crippen LogP contribution in [0.15, 0.2) is 24.3 Å². The highest BCUT2D eigenvalue weighted by Crippen LogP contribution is 2.22. The lowest BCUT2D eigenvalue weighted by atomic mass is 10.2. The monoisotopic (exact) mass is 329 g/mol. The Kier molecular flexibility index (Phi) is 5.51. The Balaban J connectivity index is 1.80. The molecular formula is C19H27N3O2. The van der Waals surface area contributed by atoms with Crippen LogP contribution in [0.1, 0.15) is 57.8 Å². The van der Waals surface area contributed by atoms with Crippen LogP contribution >= 0.6 is 0 Å². The number of rotatable bonds is 7. The number of nitrogens with one attached hydrogen (secondary N) is 1. The number of para-hydroxylation sites is 2. The van der Waals surface area contributed by atoms with Gasteiger partial charge in [0.1, 0.15) is 11.9 Å². The quantitative estimate of drug-likeness (QED) is 0.790. The maximum absolute atomic E-state index is 12.3. The molecule has 1 fully saturated rings. The molecule has 1 aliphatic heterocycles. The number of amides is 1. The summed E-state index contributed by atoms with van der Waals surface area (Å²) in [5.41, 5.74) is 2.13. The molecule has 1 amide bonds. The standard InChI is InChI=1S/C19H27N3O2/c1-3-4-7-12-22-16-10-6-5-9-15(16)21-18(22)14(2)20-19(23)17-11-8-13-24-17/h5-6,9-10,14,17H,3-4,7-8,11-13H2,1-2H3,(H,20,23). The number of carbonyl (C=O) groups excluding carboxylic acids is 1. The first-order valence-electron chi connectivity index (χ1n) is 9.08. The summed E-state index contributed by atoms with van der Waals surface area (Å²) >= 11 is 0. The Morgan fingerprint density at radius 2 is 2.25 bits per heavy atom. The first kappa shape index (κ1) is 17.0. The highest BCUT2D eigenvalue weighted by atomic mass is 16.5. The Morgan fingerprint density at radius 1 is 1.42 bits per heavy atom. The first-order chi connectivity index (χ1) is 11.7. The summed E-state index contributed by atoms with van der Waals surface area (Å²) in [4.78, 5) is 17.1. The number of aryl methyl sites for hydroxylation is 1. The van der Waals surface area contributed by atoms with Crippen LogP contribution in [0.4, 0.5) is 0 Å². The molecule has 1 aliphatic rings. The fourth-order valence-corrected chi connectivity index (χ4v) is 3.33. The molecule has 3 rings (SSSR count). The lowest BCUT2D eigenvalue weighted by molar-refractivity contribution is -0.130. The van der Waals surface area contributed by atoms with Crippen molar-refractivity contribution in [1.82, 2.24) is 14.9 Å². The molecule has 0 aliphatic carbocycles. The van der Waals surface area contributed by atoms with Crippen molar-refractivity contribution in [1.29, 1.82) is 0 Å². The van der Waals surface area contributed by atoms with Gasteiger partial charge in [-0.2, -0.15) is 0 Å². The van der Waals surface area contributed by atoms with E-state index in [1.807, 2.05) is 25.1 Å². The number of aromatic nitrogens is 2. The van der Waals surface area contributed by atoms with Gasteiger partial charge in [-0.15, -0.1) is 0 Å². The molecule has 1 saturated heterocycles. The predicted octanol–water partition coefficient (Wildman–Crippen LogP) is 3.58. The van der Waals surface area contributed by atoms with Crippen molar-refractivity contribution >= 4 is 16.9 Å². The van der Waals surface area contributed by atoms with E-state index >= 15 is 0 Å². The van der Waals surface area contributed by atoms with Crippen LogP contribution in [0.3, 0.4) is 0 Å². The second kappa shape index (κ2) is 7.79. The van der Waals surface area contributed by atoms with Gasteiger partial charge >= 0.3 is 0 Å². The SMILES string of the molecule is CCCCCn1c(C(C)NC(=O)C2CCCO2)nc2ccccc21. The van der Waals surface area contributed by atoms with Crippen molar-refractivity contribution in [2.45, 2.75) is 64.6 Å². The van der Waals surface area contributed by atoms with Crippen LogP contribution in [-0.4, -0.2) is 28.2 Å². The van der Waals surface area contributed by atoms with Crippen molar-refractivity contribution in [3.05, 3.63) is 30.1 Å². The number of nitrogens with zero attached hydrogens (tertiary/aromatic N) is 2. The van der Waals surface area contributed by atoms with E-state index in [0.717, 1.165) is 42.7 Å². The maximum Gasteiger partial charge on any atom is 0.249 e. The van der Waals surface area contributed by atoms with E-state index in [-0.39, 0.29) is 18.1 Å². The van der Waals surface area contributed by atoms with Crippen molar-refractivity contribution in [2.75, 3.05) is 6.61 Å². The molecule has 5 nitrogen and oxygen atoms in total. The third kappa shape index (κ3) is 3.61. The molecule has 0 spiro atoms. The van der Waals surface area contributed by atoms with Gasteiger partial charge in [-0.3, -0.25) is 4.79 Å². The van der Waals surface area contributed by atoms with Gasteiger partial charge in [-0.1, -0.05) is 31.9 Å². The number of imidazole rings is 1. The van der Waals surface area contributed by atoms with Crippen molar-refractivity contribution < 1.29 is 9.53 Å². The average Bonchev–Trinajstić information content (AvgIpc) is 3.23. The topological polar surface area (TPSA) is 56.2 Å². The molecule has 0 radical (unpaired) electrons. The number of ether oxygens (including phenoxy) is 1. The van der Waals surface area contributed by atoms with Crippen molar-refractivity contribution in [3.8, 4) is 0 Å². The van der Waals surface area contributed by atoms with Crippen molar-refractivity contribution in [3.63, 3.8) is 0 Å². The summed E-state index contributed by atoms with van der Waals surface area (Å²) in [5, 5.41) is 3.08. The zero-order chi connectivity index (χ0) is 16.9. The Labute approximate surface area is 143 Å². The summed E-state index contributed by atoms with van der Waals surface area (Å²) < 4.78 is 7.74. The van der Waals surface area contributed by atoms with E-state index in [1.54, 1.807) is 0 Å². The number of hydrogen-bond acceptors (Lipinski definition) is 3. The number of hydrogen-bond donors (Lipinski definition) is 1. The highest BCUT2D eigenvalue weighted by molar-refractivity contribution is 5.81. The summed E-state index contributed by atoms with van der Waals surface area (Å²) in [5.74, 6) is 0.908. The minimum atomic E-state index is -0.301. The van der Waals surface area contributed by atoms with E-state index in [0.29, 0.717) is 6.61 Å². The Bertz CT molecular complexity index is 689. The molecule has 5 heteroatoms. The molecule has 130 valence electrons. The minimum absolute atomic E-state index is 0.0211. The molecular weight excluding hydrogens is 302 g/mol. The van der Waals surface area contributed by atoms with E-state index in [1.165, 1.54) is 12.8 Å². The molecule has 24 heavy (non-hydrogen) atoms. The highest BCUT2D eigenvalue weighted by Gasteiger charge is 2.26. The third-order valence-electron chi connectivity index (χ3n) is 4.64. The Hall–Kier alpha value is -1.88. The molecule has 0 saturated carbocycles. The second-order valence-electron chi connectivity index (χ2n) is 6.55. The second-order valence-corrected chi connectivity index (χ2v) is 6.55. The van der Waals surface area contributed by atoms with Gasteiger partial charge < -0.3 is 14.6 Å². The average molecular weight is 329 g/mol. The van der Waals surface area contributed by atoms with E-state index in [2.05, 4.69) is 22.9 Å². The van der Waals surface area contributed by atoms with Gasteiger partial charge in [0.2, 0.25) is 5.91 Å². The molecule has 2 heterocycles. The van der Waals surface area contributed by atoms with Gasteiger partial charge in [0.25, 0.3) is 0 Å². The minimum Gasteiger partial charge on any atom is -0.368 e. The van der Waals surface area contributed by atoms with E-state index in [9.17, 15) is 4.79 Å². The largest absolute Gasteiger partial charge is 0.368 e. The van der Waals surface area contributed by atoms with Gasteiger partial charge in [0.15, 0.2) is 0 Å². The van der Waals surface area contributed by atoms with Crippen LogP contribution < -0.4 is 5.32 Å². The maximum atomic E-state index is 12.3. The zero-order valence-electron chi connectivity index (χ0n) is 14.6. The molecule has 1 N–H and O–H groups in total. The smallest absolute Gasteiger partial charge is 0.249 e. The molecule has 2 unspecified atom stereocenters. The van der Waals surface area contributed by atoms with E-state index < -0.39 is 0 Å². The van der Waals surface area contributed by atoms with Gasteiger partial charge in [-0.05, 0) is 38.3 Å². The van der Waals surface area contributed by atoms with Crippen LogP contribution in [0.25, 0.3) is 11.0 Å². The molecule has 1 aromatic carbocycles. The lowest BCUT2D eigenvalue weighted by Gasteiger charge is -2.18. The normalized spacial score (nSPS) is 18.8. The predicted molar refractivity (Wildman–Crippen MR) is 94.8 cm³/mol. The summed E-state index contributed by atoms with van der Waals surface area (Å²) in [6, 6.07) is 8.05.